The average molecular weight is 371 g/mol. The van der Waals surface area contributed by atoms with Crippen molar-refractivity contribution in [1.29, 1.82) is 0 Å². The van der Waals surface area contributed by atoms with Gasteiger partial charge in [-0.1, -0.05) is 37.9 Å². The molecule has 2 aromatic carbocycles. The van der Waals surface area contributed by atoms with Crippen LogP contribution in [0.2, 0.25) is 0 Å². The van der Waals surface area contributed by atoms with Crippen LogP contribution in [0.3, 0.4) is 0 Å². The first-order valence-electron chi connectivity index (χ1n) is 5.54. The number of ether oxygens (including phenoxy) is 1. The molecule has 0 aliphatic carbocycles. The Labute approximate surface area is 123 Å². The third kappa shape index (κ3) is 3.34. The average Bonchev–Trinajstić information content (AvgIpc) is 2.32. The third-order valence-electron chi connectivity index (χ3n) is 2.51. The standard InChI is InChI=1S/C14H13Br2NO/c1-9(17)13-7-6-12(8-14(13)16)18-11-4-2-10(15)3-5-11/h2-9H,17H2,1H3/t9-/m0/s1. The Kier molecular flexibility index (Phi) is 4.43. The zero-order valence-corrected chi connectivity index (χ0v) is 13.0. The molecule has 0 heterocycles. The maximum Gasteiger partial charge on any atom is 0.128 e. The zero-order valence-electron chi connectivity index (χ0n) is 9.86. The lowest BCUT2D eigenvalue weighted by atomic mass is 10.1. The quantitative estimate of drug-likeness (QED) is 0.822. The summed E-state index contributed by atoms with van der Waals surface area (Å²) in [4.78, 5) is 0. The number of benzene rings is 2. The molecule has 0 spiro atoms. The molecule has 0 aromatic heterocycles. The van der Waals surface area contributed by atoms with E-state index in [9.17, 15) is 0 Å². The molecular formula is C14H13Br2NO. The van der Waals surface area contributed by atoms with Gasteiger partial charge in [-0.15, -0.1) is 0 Å². The van der Waals surface area contributed by atoms with E-state index in [1.54, 1.807) is 0 Å². The smallest absolute Gasteiger partial charge is 0.128 e. The van der Waals surface area contributed by atoms with Gasteiger partial charge in [0.1, 0.15) is 11.5 Å². The summed E-state index contributed by atoms with van der Waals surface area (Å²) < 4.78 is 7.75. The molecule has 0 unspecified atom stereocenters. The van der Waals surface area contributed by atoms with Gasteiger partial charge in [-0.05, 0) is 48.9 Å². The molecule has 2 rings (SSSR count). The summed E-state index contributed by atoms with van der Waals surface area (Å²) in [5.74, 6) is 1.59. The number of hydrogen-bond acceptors (Lipinski definition) is 2. The molecule has 0 aliphatic heterocycles. The van der Waals surface area contributed by atoms with Gasteiger partial charge in [0, 0.05) is 15.0 Å². The monoisotopic (exact) mass is 369 g/mol. The SMILES string of the molecule is C[C@H](N)c1ccc(Oc2ccc(Br)cc2)cc1Br. The molecule has 2 nitrogen and oxygen atoms in total. The Bertz CT molecular complexity index is 538. The van der Waals surface area contributed by atoms with Crippen LogP contribution in [-0.4, -0.2) is 0 Å². The van der Waals surface area contributed by atoms with E-state index in [1.807, 2.05) is 49.4 Å². The van der Waals surface area contributed by atoms with Crippen molar-refractivity contribution < 1.29 is 4.74 Å². The zero-order chi connectivity index (χ0) is 13.1. The minimum absolute atomic E-state index is 0.00102. The predicted molar refractivity (Wildman–Crippen MR) is 81.0 cm³/mol. The van der Waals surface area contributed by atoms with Crippen LogP contribution in [-0.2, 0) is 0 Å². The Hall–Kier alpha value is -0.840. The summed E-state index contributed by atoms with van der Waals surface area (Å²) in [6.07, 6.45) is 0. The lowest BCUT2D eigenvalue weighted by Gasteiger charge is -2.11. The number of nitrogens with two attached hydrogens (primary N) is 1. The van der Waals surface area contributed by atoms with E-state index in [0.717, 1.165) is 26.0 Å². The van der Waals surface area contributed by atoms with E-state index >= 15 is 0 Å². The van der Waals surface area contributed by atoms with Crippen LogP contribution in [0, 0.1) is 0 Å². The first-order chi connectivity index (χ1) is 8.56. The maximum atomic E-state index is 5.86. The van der Waals surface area contributed by atoms with Crippen molar-refractivity contribution in [1.82, 2.24) is 0 Å². The van der Waals surface area contributed by atoms with Crippen molar-refractivity contribution in [3.63, 3.8) is 0 Å². The highest BCUT2D eigenvalue weighted by atomic mass is 79.9. The van der Waals surface area contributed by atoms with Crippen molar-refractivity contribution in [2.45, 2.75) is 13.0 Å². The van der Waals surface area contributed by atoms with Crippen LogP contribution >= 0.6 is 31.9 Å². The van der Waals surface area contributed by atoms with E-state index in [0.29, 0.717) is 0 Å². The van der Waals surface area contributed by atoms with E-state index in [4.69, 9.17) is 10.5 Å². The molecule has 0 saturated carbocycles. The minimum Gasteiger partial charge on any atom is -0.457 e. The van der Waals surface area contributed by atoms with E-state index in [1.165, 1.54) is 0 Å². The van der Waals surface area contributed by atoms with Gasteiger partial charge in [-0.2, -0.15) is 0 Å². The summed E-state index contributed by atoms with van der Waals surface area (Å²) in [5.41, 5.74) is 6.93. The molecule has 2 aromatic rings. The topological polar surface area (TPSA) is 35.2 Å². The highest BCUT2D eigenvalue weighted by molar-refractivity contribution is 9.10. The van der Waals surface area contributed by atoms with Crippen LogP contribution in [0.15, 0.2) is 51.4 Å². The van der Waals surface area contributed by atoms with Crippen molar-refractivity contribution in [3.8, 4) is 11.5 Å². The van der Waals surface area contributed by atoms with Gasteiger partial charge in [-0.3, -0.25) is 0 Å². The van der Waals surface area contributed by atoms with Gasteiger partial charge < -0.3 is 10.5 Å². The fraction of sp³-hybridized carbons (Fsp3) is 0.143. The lowest BCUT2D eigenvalue weighted by Crippen LogP contribution is -2.05. The van der Waals surface area contributed by atoms with Crippen molar-refractivity contribution in [2.75, 3.05) is 0 Å². The fourth-order valence-electron chi connectivity index (χ4n) is 1.58. The summed E-state index contributed by atoms with van der Waals surface area (Å²) in [7, 11) is 0. The van der Waals surface area contributed by atoms with Crippen LogP contribution < -0.4 is 10.5 Å². The van der Waals surface area contributed by atoms with Gasteiger partial charge in [-0.25, -0.2) is 0 Å². The largest absolute Gasteiger partial charge is 0.457 e. The molecule has 0 bridgehead atoms. The maximum absolute atomic E-state index is 5.86. The van der Waals surface area contributed by atoms with Crippen LogP contribution in [0.25, 0.3) is 0 Å². The van der Waals surface area contributed by atoms with Gasteiger partial charge in [0.05, 0.1) is 0 Å². The lowest BCUT2D eigenvalue weighted by molar-refractivity contribution is 0.482. The summed E-state index contributed by atoms with van der Waals surface area (Å²) in [6, 6.07) is 13.5. The Morgan fingerprint density at radius 1 is 1.00 bits per heavy atom. The highest BCUT2D eigenvalue weighted by Crippen LogP contribution is 2.29. The first kappa shape index (κ1) is 13.6. The predicted octanol–water partition coefficient (Wildman–Crippen LogP) is 5.02. The summed E-state index contributed by atoms with van der Waals surface area (Å²) in [6.45, 7) is 1.95. The number of hydrogen-bond donors (Lipinski definition) is 1. The normalized spacial score (nSPS) is 12.2. The highest BCUT2D eigenvalue weighted by Gasteiger charge is 2.06. The van der Waals surface area contributed by atoms with Crippen molar-refractivity contribution in [3.05, 3.63) is 57.0 Å². The van der Waals surface area contributed by atoms with Crippen LogP contribution in [0.1, 0.15) is 18.5 Å². The third-order valence-corrected chi connectivity index (χ3v) is 3.73. The molecule has 18 heavy (non-hydrogen) atoms. The molecule has 0 aliphatic rings. The van der Waals surface area contributed by atoms with Crippen molar-refractivity contribution in [2.24, 2.45) is 5.73 Å². The molecule has 0 saturated heterocycles. The van der Waals surface area contributed by atoms with Gasteiger partial charge in [0.15, 0.2) is 0 Å². The van der Waals surface area contributed by atoms with Crippen molar-refractivity contribution >= 4 is 31.9 Å². The van der Waals surface area contributed by atoms with Gasteiger partial charge in [0.2, 0.25) is 0 Å². The fourth-order valence-corrected chi connectivity index (χ4v) is 2.56. The molecule has 1 atom stereocenters. The molecule has 94 valence electrons. The van der Waals surface area contributed by atoms with Crippen LogP contribution in [0.4, 0.5) is 0 Å². The Morgan fingerprint density at radius 2 is 1.61 bits per heavy atom. The van der Waals surface area contributed by atoms with Crippen LogP contribution in [0.5, 0.6) is 11.5 Å². The number of rotatable bonds is 3. The molecule has 2 N–H and O–H groups in total. The number of halogens is 2. The second-order valence-electron chi connectivity index (χ2n) is 4.03. The first-order valence-corrected chi connectivity index (χ1v) is 7.13. The van der Waals surface area contributed by atoms with E-state index in [2.05, 4.69) is 31.9 Å². The van der Waals surface area contributed by atoms with Gasteiger partial charge in [0.25, 0.3) is 0 Å². The van der Waals surface area contributed by atoms with E-state index in [-0.39, 0.29) is 6.04 Å². The summed E-state index contributed by atoms with van der Waals surface area (Å²) in [5, 5.41) is 0. The van der Waals surface area contributed by atoms with Gasteiger partial charge >= 0.3 is 0 Å². The Balaban J connectivity index is 2.20. The molecule has 4 heteroatoms. The Morgan fingerprint density at radius 3 is 2.17 bits per heavy atom. The second kappa shape index (κ2) is 5.87. The second-order valence-corrected chi connectivity index (χ2v) is 5.80. The molecular weight excluding hydrogens is 358 g/mol. The molecule has 0 radical (unpaired) electrons. The van der Waals surface area contributed by atoms with E-state index < -0.39 is 0 Å². The molecule has 0 amide bonds. The minimum atomic E-state index is 0.00102. The summed E-state index contributed by atoms with van der Waals surface area (Å²) >= 11 is 6.90. The molecule has 0 fully saturated rings.